The van der Waals surface area contributed by atoms with Crippen LogP contribution in [0.4, 0.5) is 4.79 Å². The van der Waals surface area contributed by atoms with Crippen LogP contribution in [0.3, 0.4) is 0 Å². The van der Waals surface area contributed by atoms with Crippen LogP contribution in [0.25, 0.3) is 0 Å². The number of rotatable bonds is 8. The van der Waals surface area contributed by atoms with E-state index in [-0.39, 0.29) is 42.9 Å². The highest BCUT2D eigenvalue weighted by Crippen LogP contribution is 2.49. The first-order valence-electron chi connectivity index (χ1n) is 9.92. The smallest absolute Gasteiger partial charge is 0.345 e. The number of nitrogens with one attached hydrogen (secondary N) is 2. The van der Waals surface area contributed by atoms with Gasteiger partial charge in [0.2, 0.25) is 0 Å². The van der Waals surface area contributed by atoms with Gasteiger partial charge in [0.15, 0.2) is 0 Å². The highest BCUT2D eigenvalue weighted by molar-refractivity contribution is 7.54. The van der Waals surface area contributed by atoms with Crippen molar-refractivity contribution < 1.29 is 34.7 Å². The van der Waals surface area contributed by atoms with E-state index < -0.39 is 32.4 Å². The Balaban J connectivity index is 0.000000539. The van der Waals surface area contributed by atoms with Crippen molar-refractivity contribution in [3.8, 4) is 0 Å². The third kappa shape index (κ3) is 9.65. The second-order valence-electron chi connectivity index (χ2n) is 7.00. The topological polar surface area (TPSA) is 162 Å². The predicted molar refractivity (Wildman–Crippen MR) is 110 cm³/mol. The van der Waals surface area contributed by atoms with Crippen LogP contribution >= 0.6 is 30.9 Å². The fourth-order valence-electron chi connectivity index (χ4n) is 3.05. The maximum absolute atomic E-state index is 12.8. The molecule has 2 amide bonds. The summed E-state index contributed by atoms with van der Waals surface area (Å²) in [7, 11) is -3.54. The molecule has 1 saturated heterocycles. The molecular weight excluding hydrogens is 460 g/mol. The van der Waals surface area contributed by atoms with Crippen molar-refractivity contribution in [3.05, 3.63) is 0 Å². The number of hydrogen-bond donors (Lipinski definition) is 4. The molecule has 0 radical (unpaired) electrons. The highest BCUT2D eigenvalue weighted by atomic mass is 35.5. The summed E-state index contributed by atoms with van der Waals surface area (Å²) in [6.45, 7) is -0.288. The van der Waals surface area contributed by atoms with E-state index in [0.29, 0.717) is 0 Å². The van der Waals surface area contributed by atoms with E-state index in [2.05, 4.69) is 10.8 Å². The van der Waals surface area contributed by atoms with Gasteiger partial charge in [0.25, 0.3) is 0 Å². The maximum atomic E-state index is 12.8. The molecule has 6 N–H and O–H groups in total. The summed E-state index contributed by atoms with van der Waals surface area (Å²) >= 11 is 11.3. The molecule has 2 fully saturated rings. The number of halogens is 2. The summed E-state index contributed by atoms with van der Waals surface area (Å²) in [6.07, 6.45) is 6.17. The number of carbonyl (C=O) groups excluding carboxylic acids is 2. The van der Waals surface area contributed by atoms with Gasteiger partial charge in [0.1, 0.15) is 6.17 Å². The second-order valence-corrected chi connectivity index (χ2v) is 9.88. The van der Waals surface area contributed by atoms with Crippen LogP contribution in [0.15, 0.2) is 0 Å². The number of hydrogen-bond acceptors (Lipinski definition) is 6. The Morgan fingerprint density at radius 3 is 2.27 bits per heavy atom. The molecule has 1 saturated carbocycles. The van der Waals surface area contributed by atoms with E-state index in [4.69, 9.17) is 27.7 Å². The lowest BCUT2D eigenvalue weighted by Crippen LogP contribution is -2.61. The lowest BCUT2D eigenvalue weighted by molar-refractivity contribution is -0.425. The third-order valence-corrected chi connectivity index (χ3v) is 7.28. The van der Waals surface area contributed by atoms with Gasteiger partial charge in [0, 0.05) is 31.3 Å². The van der Waals surface area contributed by atoms with Crippen molar-refractivity contribution in [1.82, 2.24) is 20.1 Å². The molecule has 11 nitrogen and oxygen atoms in total. The number of nitrogens with zero attached hydrogens (tertiary/aromatic N) is 2. The molecule has 2 atom stereocenters. The van der Waals surface area contributed by atoms with E-state index in [9.17, 15) is 24.5 Å². The summed E-state index contributed by atoms with van der Waals surface area (Å²) in [6, 6.07) is -0.282. The molecule has 2 unspecified atom stereocenters. The molecule has 0 bridgehead atoms. The minimum atomic E-state index is -3.54. The first-order chi connectivity index (χ1) is 14.2. The van der Waals surface area contributed by atoms with Crippen molar-refractivity contribution in [1.29, 1.82) is 0 Å². The van der Waals surface area contributed by atoms with Crippen LogP contribution < -0.4 is 21.2 Å². The van der Waals surface area contributed by atoms with Crippen LogP contribution in [-0.4, -0.2) is 77.2 Å². The third-order valence-electron chi connectivity index (χ3n) is 4.64. The quantitative estimate of drug-likeness (QED) is 0.158. The van der Waals surface area contributed by atoms with Crippen molar-refractivity contribution in [2.45, 2.75) is 50.7 Å². The van der Waals surface area contributed by atoms with Gasteiger partial charge >= 0.3 is 13.7 Å². The van der Waals surface area contributed by atoms with Gasteiger partial charge in [-0.25, -0.2) is 14.6 Å². The van der Waals surface area contributed by atoms with Gasteiger partial charge in [-0.3, -0.25) is 9.77 Å². The summed E-state index contributed by atoms with van der Waals surface area (Å²) in [5, 5.41) is 24.9. The van der Waals surface area contributed by atoms with Gasteiger partial charge in [-0.05, 0) is 25.7 Å². The molecule has 1 aliphatic heterocycles. The van der Waals surface area contributed by atoms with Gasteiger partial charge < -0.3 is 25.5 Å². The van der Waals surface area contributed by atoms with Crippen molar-refractivity contribution >= 4 is 42.9 Å². The summed E-state index contributed by atoms with van der Waals surface area (Å²) in [5.74, 6) is -1.13. The molecule has 2 rings (SSSR count). The highest BCUT2D eigenvalue weighted by Gasteiger charge is 2.40. The number of carbonyl (C=O) groups is 2. The molecule has 14 heteroatoms. The van der Waals surface area contributed by atoms with E-state index in [1.165, 1.54) is 36.8 Å². The molecular formula is C16H32Cl2N5O6P. The fraction of sp³-hybridized carbons (Fsp3) is 0.875. The maximum Gasteiger partial charge on any atom is 0.345 e. The van der Waals surface area contributed by atoms with Gasteiger partial charge in [-0.2, -0.15) is 5.06 Å². The SMILES string of the molecule is O=C([O-])CNC(=O)N(O)C1CCOP(=O)(N(CCCl)CCCl)N1.[NH3+]C1CCCCC1. The molecule has 2 aliphatic rings. The van der Waals surface area contributed by atoms with Crippen molar-refractivity contribution in [3.63, 3.8) is 0 Å². The lowest BCUT2D eigenvalue weighted by atomic mass is 9.97. The van der Waals surface area contributed by atoms with E-state index in [0.717, 1.165) is 6.04 Å². The summed E-state index contributed by atoms with van der Waals surface area (Å²) in [4.78, 5) is 21.9. The first-order valence-corrected chi connectivity index (χ1v) is 12.6. The Bertz CT molecular complexity index is 578. The molecule has 30 heavy (non-hydrogen) atoms. The van der Waals surface area contributed by atoms with Crippen LogP contribution in [0, 0.1) is 0 Å². The van der Waals surface area contributed by atoms with Crippen LogP contribution in [0.1, 0.15) is 38.5 Å². The molecule has 0 aromatic carbocycles. The lowest BCUT2D eigenvalue weighted by Gasteiger charge is -2.39. The number of alkyl halides is 2. The molecule has 0 aromatic rings. The zero-order valence-corrected chi connectivity index (χ0v) is 19.3. The molecule has 0 aromatic heterocycles. The standard InChI is InChI=1S/C10H19Cl2N4O6P.C6H13N/c11-2-4-15(5-3-12)23(21)14-8(1-6-22-23)16(20)10(19)13-7-9(17)18;7-6-4-2-1-3-5-6/h8,20H,1-7H2,(H,13,19)(H,14,21)(H,17,18);6H,1-5,7H2. The van der Waals surface area contributed by atoms with Gasteiger partial charge in [-0.15, -0.1) is 23.2 Å². The molecule has 1 aliphatic carbocycles. The Morgan fingerprint density at radius 1 is 1.20 bits per heavy atom. The molecule has 0 spiro atoms. The average molecular weight is 492 g/mol. The zero-order valence-electron chi connectivity index (χ0n) is 16.9. The summed E-state index contributed by atoms with van der Waals surface area (Å²) in [5.41, 5.74) is 4.00. The molecule has 176 valence electrons. The van der Waals surface area contributed by atoms with E-state index in [1.54, 1.807) is 0 Å². The Morgan fingerprint density at radius 2 is 1.80 bits per heavy atom. The number of aliphatic carboxylic acids is 1. The van der Waals surface area contributed by atoms with Crippen LogP contribution in [0.5, 0.6) is 0 Å². The number of urea groups is 1. The number of quaternary nitrogens is 1. The number of hydroxylamine groups is 2. The van der Waals surface area contributed by atoms with E-state index in [1.807, 2.05) is 5.32 Å². The van der Waals surface area contributed by atoms with Crippen LogP contribution in [-0.2, 0) is 13.9 Å². The second kappa shape index (κ2) is 14.4. The minimum absolute atomic E-state index is 0.0147. The Hall–Kier alpha value is -0.650. The summed E-state index contributed by atoms with van der Waals surface area (Å²) < 4.78 is 19.5. The normalized spacial score (nSPS) is 24.6. The Labute approximate surface area is 186 Å². The largest absolute Gasteiger partial charge is 0.548 e. The number of carboxylic acids is 1. The van der Waals surface area contributed by atoms with Crippen LogP contribution in [0.2, 0.25) is 0 Å². The number of carboxylic acid groups (broad SMARTS) is 1. The zero-order chi connectivity index (χ0) is 22.6. The van der Waals surface area contributed by atoms with E-state index >= 15 is 0 Å². The Kier molecular flexibility index (Phi) is 13.2. The van der Waals surface area contributed by atoms with Crippen molar-refractivity contribution in [2.75, 3.05) is 38.0 Å². The van der Waals surface area contributed by atoms with Crippen molar-refractivity contribution in [2.24, 2.45) is 0 Å². The van der Waals surface area contributed by atoms with Gasteiger partial charge in [-0.1, -0.05) is 6.42 Å². The average Bonchev–Trinajstić information content (AvgIpc) is 2.72. The number of amides is 2. The monoisotopic (exact) mass is 491 g/mol. The van der Waals surface area contributed by atoms with Gasteiger partial charge in [0.05, 0.1) is 25.2 Å². The molecule has 1 heterocycles. The fourth-order valence-corrected chi connectivity index (χ4v) is 5.79. The minimum Gasteiger partial charge on any atom is -0.548 e. The first kappa shape index (κ1) is 27.4. The predicted octanol–water partition coefficient (Wildman–Crippen LogP) is -0.0782.